The van der Waals surface area contributed by atoms with E-state index in [0.29, 0.717) is 11.5 Å². The number of anilines is 1. The van der Waals surface area contributed by atoms with Crippen LogP contribution in [0.4, 0.5) is 5.69 Å². The predicted octanol–water partition coefficient (Wildman–Crippen LogP) is 1.54. The molecule has 0 saturated heterocycles. The fourth-order valence-corrected chi connectivity index (χ4v) is 3.35. The lowest BCUT2D eigenvalue weighted by molar-refractivity contribution is -0.117. The Bertz CT molecular complexity index is 1090. The van der Waals surface area contributed by atoms with Gasteiger partial charge >= 0.3 is 0 Å². The van der Waals surface area contributed by atoms with Crippen LogP contribution < -0.4 is 5.32 Å². The van der Waals surface area contributed by atoms with Crippen molar-refractivity contribution < 1.29 is 13.2 Å². The summed E-state index contributed by atoms with van der Waals surface area (Å²) in [6, 6.07) is 13.7. The highest BCUT2D eigenvalue weighted by Gasteiger charge is 2.18. The molecule has 0 unspecified atom stereocenters. The van der Waals surface area contributed by atoms with Crippen molar-refractivity contribution in [3.63, 3.8) is 0 Å². The van der Waals surface area contributed by atoms with Gasteiger partial charge in [-0.1, -0.05) is 35.9 Å². The summed E-state index contributed by atoms with van der Waals surface area (Å²) in [5, 5.41) is 14.7. The van der Waals surface area contributed by atoms with E-state index in [1.807, 2.05) is 31.2 Å². The van der Waals surface area contributed by atoms with Crippen molar-refractivity contribution in [2.45, 2.75) is 18.4 Å². The fraction of sp³-hybridized carbons (Fsp3) is 0.222. The van der Waals surface area contributed by atoms with Gasteiger partial charge in [0.05, 0.1) is 4.90 Å². The van der Waals surface area contributed by atoms with Gasteiger partial charge in [-0.15, -0.1) is 10.2 Å². The van der Waals surface area contributed by atoms with Crippen LogP contribution in [0.5, 0.6) is 0 Å². The molecule has 0 aliphatic carbocycles. The first-order valence-corrected chi connectivity index (χ1v) is 9.87. The number of nitrogens with zero attached hydrogens (tertiary/aromatic N) is 5. The van der Waals surface area contributed by atoms with E-state index in [-0.39, 0.29) is 11.4 Å². The molecular weight excluding hydrogens is 380 g/mol. The third-order valence-corrected chi connectivity index (χ3v) is 5.76. The second kappa shape index (κ2) is 7.87. The summed E-state index contributed by atoms with van der Waals surface area (Å²) in [6.07, 6.45) is 0. The van der Waals surface area contributed by atoms with Crippen molar-refractivity contribution in [3.8, 4) is 11.4 Å². The number of carbonyl (C=O) groups is 1. The topological polar surface area (TPSA) is 110 Å². The standard InChI is InChI=1S/C18H20N6O3S/c1-13-7-9-14(10-8-13)18-20-22-24(21-18)12-17(25)19-15-5-4-6-16(11-15)28(26,27)23(2)3/h4-11H,12H2,1-3H3,(H,19,25). The molecule has 0 radical (unpaired) electrons. The Balaban J connectivity index is 1.69. The normalized spacial score (nSPS) is 11.6. The van der Waals surface area contributed by atoms with E-state index in [4.69, 9.17) is 0 Å². The molecule has 0 atom stereocenters. The highest BCUT2D eigenvalue weighted by atomic mass is 32.2. The summed E-state index contributed by atoms with van der Waals surface area (Å²) < 4.78 is 25.5. The molecular formula is C18H20N6O3S. The van der Waals surface area contributed by atoms with Gasteiger partial charge in [-0.2, -0.15) is 4.80 Å². The maximum atomic E-state index is 12.3. The van der Waals surface area contributed by atoms with Gasteiger partial charge < -0.3 is 5.32 Å². The van der Waals surface area contributed by atoms with Gasteiger partial charge in [-0.05, 0) is 30.3 Å². The smallest absolute Gasteiger partial charge is 0.248 e. The first kappa shape index (κ1) is 19.6. The molecule has 3 rings (SSSR count). The number of benzene rings is 2. The minimum absolute atomic E-state index is 0.0934. The van der Waals surface area contributed by atoms with E-state index in [9.17, 15) is 13.2 Å². The Morgan fingerprint density at radius 2 is 1.86 bits per heavy atom. The van der Waals surface area contributed by atoms with E-state index in [2.05, 4.69) is 20.7 Å². The molecule has 9 nitrogen and oxygen atoms in total. The van der Waals surface area contributed by atoms with Crippen LogP contribution in [0, 0.1) is 6.92 Å². The number of amides is 1. The highest BCUT2D eigenvalue weighted by Crippen LogP contribution is 2.18. The monoisotopic (exact) mass is 400 g/mol. The minimum Gasteiger partial charge on any atom is -0.324 e. The van der Waals surface area contributed by atoms with Gasteiger partial charge in [0, 0.05) is 25.3 Å². The Morgan fingerprint density at radius 1 is 1.14 bits per heavy atom. The first-order chi connectivity index (χ1) is 13.3. The maximum absolute atomic E-state index is 12.3. The first-order valence-electron chi connectivity index (χ1n) is 8.43. The van der Waals surface area contributed by atoms with Crippen molar-refractivity contribution in [1.82, 2.24) is 24.5 Å². The number of nitrogens with one attached hydrogen (secondary N) is 1. The third-order valence-electron chi connectivity index (χ3n) is 3.94. The van der Waals surface area contributed by atoms with Crippen molar-refractivity contribution in [2.75, 3.05) is 19.4 Å². The lowest BCUT2D eigenvalue weighted by Crippen LogP contribution is -2.23. The van der Waals surface area contributed by atoms with Crippen LogP contribution in [0.2, 0.25) is 0 Å². The van der Waals surface area contributed by atoms with Crippen molar-refractivity contribution in [2.24, 2.45) is 0 Å². The Hall–Kier alpha value is -3.11. The number of carbonyl (C=O) groups excluding carboxylic acids is 1. The van der Waals surface area contributed by atoms with Crippen LogP contribution in [0.25, 0.3) is 11.4 Å². The molecule has 1 amide bonds. The molecule has 3 aromatic rings. The average Bonchev–Trinajstić information content (AvgIpc) is 3.10. The lowest BCUT2D eigenvalue weighted by Gasteiger charge is -2.12. The number of aryl methyl sites for hydroxylation is 1. The molecule has 2 aromatic carbocycles. The number of sulfonamides is 1. The number of rotatable bonds is 6. The quantitative estimate of drug-likeness (QED) is 0.672. The molecule has 0 bridgehead atoms. The zero-order chi connectivity index (χ0) is 20.3. The number of aromatic nitrogens is 4. The summed E-state index contributed by atoms with van der Waals surface area (Å²) >= 11 is 0. The summed E-state index contributed by atoms with van der Waals surface area (Å²) in [7, 11) is -0.688. The molecule has 0 fully saturated rings. The fourth-order valence-electron chi connectivity index (χ4n) is 2.40. The van der Waals surface area contributed by atoms with Gasteiger partial charge in [0.1, 0.15) is 6.54 Å². The van der Waals surface area contributed by atoms with E-state index in [1.165, 1.54) is 31.0 Å². The minimum atomic E-state index is -3.58. The van der Waals surface area contributed by atoms with Crippen molar-refractivity contribution in [1.29, 1.82) is 0 Å². The Morgan fingerprint density at radius 3 is 2.54 bits per heavy atom. The van der Waals surface area contributed by atoms with E-state index >= 15 is 0 Å². The summed E-state index contributed by atoms with van der Waals surface area (Å²) in [5.41, 5.74) is 2.29. The summed E-state index contributed by atoms with van der Waals surface area (Å²) in [5.74, 6) is 0.0270. The van der Waals surface area contributed by atoms with Gasteiger partial charge in [0.2, 0.25) is 21.8 Å². The predicted molar refractivity (Wildman–Crippen MR) is 104 cm³/mol. The van der Waals surface area contributed by atoms with Crippen LogP contribution >= 0.6 is 0 Å². The van der Waals surface area contributed by atoms with Crippen LogP contribution in [0.15, 0.2) is 53.4 Å². The van der Waals surface area contributed by atoms with Crippen LogP contribution in [-0.2, 0) is 21.4 Å². The highest BCUT2D eigenvalue weighted by molar-refractivity contribution is 7.89. The van der Waals surface area contributed by atoms with Gasteiger partial charge in [0.15, 0.2) is 0 Å². The van der Waals surface area contributed by atoms with Crippen LogP contribution in [-0.4, -0.2) is 52.9 Å². The number of hydrogen-bond acceptors (Lipinski definition) is 6. The maximum Gasteiger partial charge on any atom is 0.248 e. The zero-order valence-corrected chi connectivity index (χ0v) is 16.5. The second-order valence-electron chi connectivity index (χ2n) is 6.37. The van der Waals surface area contributed by atoms with E-state index in [1.54, 1.807) is 12.1 Å². The van der Waals surface area contributed by atoms with Gasteiger partial charge in [-0.3, -0.25) is 4.79 Å². The van der Waals surface area contributed by atoms with Gasteiger partial charge in [-0.25, -0.2) is 12.7 Å². The molecule has 10 heteroatoms. The number of tetrazole rings is 1. The molecule has 146 valence electrons. The molecule has 0 aliphatic rings. The molecule has 0 spiro atoms. The molecule has 28 heavy (non-hydrogen) atoms. The molecule has 0 aliphatic heterocycles. The van der Waals surface area contributed by atoms with E-state index in [0.717, 1.165) is 15.4 Å². The largest absolute Gasteiger partial charge is 0.324 e. The average molecular weight is 400 g/mol. The van der Waals surface area contributed by atoms with Crippen molar-refractivity contribution >= 4 is 21.6 Å². The molecule has 1 N–H and O–H groups in total. The van der Waals surface area contributed by atoms with Crippen LogP contribution in [0.3, 0.4) is 0 Å². The zero-order valence-electron chi connectivity index (χ0n) is 15.7. The lowest BCUT2D eigenvalue weighted by atomic mass is 10.1. The summed E-state index contributed by atoms with van der Waals surface area (Å²) in [4.78, 5) is 13.5. The Labute approximate surface area is 163 Å². The van der Waals surface area contributed by atoms with Crippen LogP contribution in [0.1, 0.15) is 5.56 Å². The molecule has 1 heterocycles. The van der Waals surface area contributed by atoms with E-state index < -0.39 is 15.9 Å². The number of hydrogen-bond donors (Lipinski definition) is 1. The molecule has 1 aromatic heterocycles. The SMILES string of the molecule is Cc1ccc(-c2nnn(CC(=O)Nc3cccc(S(=O)(=O)N(C)C)c3)n2)cc1. The molecule has 0 saturated carbocycles. The second-order valence-corrected chi connectivity index (χ2v) is 8.52. The van der Waals surface area contributed by atoms with Crippen molar-refractivity contribution in [3.05, 3.63) is 54.1 Å². The van der Waals surface area contributed by atoms with Gasteiger partial charge in [0.25, 0.3) is 0 Å². The summed E-state index contributed by atoms with van der Waals surface area (Å²) in [6.45, 7) is 1.83. The third kappa shape index (κ3) is 4.41. The Kier molecular flexibility index (Phi) is 5.52.